The van der Waals surface area contributed by atoms with E-state index in [2.05, 4.69) is 0 Å². The number of cyclic esters (lactones) is 1. The van der Waals surface area contributed by atoms with Crippen LogP contribution in [-0.2, 0) is 9.53 Å². The lowest BCUT2D eigenvalue weighted by atomic mass is 10.1. The first-order valence-electron chi connectivity index (χ1n) is 3.28. The van der Waals surface area contributed by atoms with E-state index in [4.69, 9.17) is 9.84 Å². The fraction of sp³-hybridized carbons (Fsp3) is 0.571. The summed E-state index contributed by atoms with van der Waals surface area (Å²) in [6, 6.07) is 0. The Kier molecular flexibility index (Phi) is 1.94. The van der Waals surface area contributed by atoms with Gasteiger partial charge in [-0.15, -0.1) is 0 Å². The second-order valence-corrected chi connectivity index (χ2v) is 2.41. The summed E-state index contributed by atoms with van der Waals surface area (Å²) in [7, 11) is 0. The number of aliphatic hydroxyl groups excluding tert-OH is 1. The van der Waals surface area contributed by atoms with Crippen LogP contribution in [0.4, 0.5) is 0 Å². The lowest BCUT2D eigenvalue weighted by Gasteiger charge is -2.19. The van der Waals surface area contributed by atoms with Gasteiger partial charge >= 0.3 is 5.97 Å². The van der Waals surface area contributed by atoms with Crippen molar-refractivity contribution in [1.82, 2.24) is 0 Å². The van der Waals surface area contributed by atoms with Crippen LogP contribution in [0.25, 0.3) is 0 Å². The third kappa shape index (κ3) is 1.29. The summed E-state index contributed by atoms with van der Waals surface area (Å²) in [6.07, 6.45) is 2.25. The van der Waals surface area contributed by atoms with Gasteiger partial charge in [0, 0.05) is 0 Å². The van der Waals surface area contributed by atoms with Gasteiger partial charge in [-0.3, -0.25) is 0 Å². The number of rotatable bonds is 0. The molecule has 1 atom stereocenters. The number of hydrogen-bond acceptors (Lipinski definition) is 3. The first kappa shape index (κ1) is 7.12. The summed E-state index contributed by atoms with van der Waals surface area (Å²) in [5.74, 6) is -0.388. The van der Waals surface area contributed by atoms with Crippen molar-refractivity contribution in [3.8, 4) is 0 Å². The smallest absolute Gasteiger partial charge is 0.337 e. The van der Waals surface area contributed by atoms with Crippen molar-refractivity contribution in [3.05, 3.63) is 11.8 Å². The zero-order valence-corrected chi connectivity index (χ0v) is 5.83. The van der Waals surface area contributed by atoms with E-state index in [1.54, 1.807) is 0 Å². The van der Waals surface area contributed by atoms with Gasteiger partial charge in [-0.1, -0.05) is 0 Å². The maximum absolute atomic E-state index is 10.8. The predicted octanol–water partition coefficient (Wildman–Crippen LogP) is 1.15. The summed E-state index contributed by atoms with van der Waals surface area (Å²) < 4.78 is 4.82. The molecule has 1 heterocycles. The molecule has 1 aliphatic rings. The van der Waals surface area contributed by atoms with Gasteiger partial charge in [0.15, 0.2) is 0 Å². The summed E-state index contributed by atoms with van der Waals surface area (Å²) >= 11 is 0. The van der Waals surface area contributed by atoms with E-state index in [0.29, 0.717) is 12.0 Å². The molecule has 3 heteroatoms. The Morgan fingerprint density at radius 2 is 2.50 bits per heavy atom. The van der Waals surface area contributed by atoms with Crippen molar-refractivity contribution in [1.29, 1.82) is 0 Å². The number of carbonyl (C=O) groups excluding carboxylic acids is 1. The largest absolute Gasteiger partial charge is 0.515 e. The minimum atomic E-state index is -0.388. The van der Waals surface area contributed by atoms with Gasteiger partial charge in [0.1, 0.15) is 0 Å². The predicted molar refractivity (Wildman–Crippen MR) is 35.5 cm³/mol. The summed E-state index contributed by atoms with van der Waals surface area (Å²) in [6.45, 7) is 1.84. The zero-order chi connectivity index (χ0) is 7.56. The third-order valence-electron chi connectivity index (χ3n) is 1.55. The molecule has 1 rings (SSSR count). The minimum absolute atomic E-state index is 0.00352. The molecule has 1 saturated heterocycles. The maximum atomic E-state index is 10.8. The molecule has 0 amide bonds. The molecule has 0 aromatic rings. The zero-order valence-electron chi connectivity index (χ0n) is 5.83. The molecule has 56 valence electrons. The summed E-state index contributed by atoms with van der Waals surface area (Å²) in [5.41, 5.74) is 0.373. The molecule has 0 radical (unpaired) electrons. The van der Waals surface area contributed by atoms with Gasteiger partial charge in [-0.05, 0) is 19.8 Å². The van der Waals surface area contributed by atoms with E-state index in [1.807, 2.05) is 6.92 Å². The molecule has 0 aliphatic carbocycles. The van der Waals surface area contributed by atoms with Crippen LogP contribution in [0.1, 0.15) is 19.8 Å². The SMILES string of the molecule is CC1CCC(=CO)C(=O)O1. The van der Waals surface area contributed by atoms with E-state index in [9.17, 15) is 4.79 Å². The number of ether oxygens (including phenoxy) is 1. The Balaban J connectivity index is 2.61. The Labute approximate surface area is 59.3 Å². The number of carbonyl (C=O) groups is 1. The number of hydrogen-bond donors (Lipinski definition) is 1. The van der Waals surface area contributed by atoms with Gasteiger partial charge < -0.3 is 9.84 Å². The van der Waals surface area contributed by atoms with Crippen LogP contribution in [0, 0.1) is 0 Å². The lowest BCUT2D eigenvalue weighted by Crippen LogP contribution is -2.22. The average molecular weight is 142 g/mol. The second-order valence-electron chi connectivity index (χ2n) is 2.41. The topological polar surface area (TPSA) is 46.5 Å². The molecule has 10 heavy (non-hydrogen) atoms. The van der Waals surface area contributed by atoms with Crippen LogP contribution >= 0.6 is 0 Å². The third-order valence-corrected chi connectivity index (χ3v) is 1.55. The first-order valence-corrected chi connectivity index (χ1v) is 3.28. The van der Waals surface area contributed by atoms with Gasteiger partial charge in [-0.25, -0.2) is 4.79 Å². The van der Waals surface area contributed by atoms with Crippen LogP contribution in [0.15, 0.2) is 11.8 Å². The lowest BCUT2D eigenvalue weighted by molar-refractivity contribution is -0.146. The molecule has 0 spiro atoms. The average Bonchev–Trinajstić information content (AvgIpc) is 1.88. The fourth-order valence-corrected chi connectivity index (χ4v) is 0.895. The van der Waals surface area contributed by atoms with E-state index in [1.165, 1.54) is 0 Å². The number of esters is 1. The van der Waals surface area contributed by atoms with E-state index >= 15 is 0 Å². The van der Waals surface area contributed by atoms with Crippen molar-refractivity contribution in [2.24, 2.45) is 0 Å². The molecule has 1 fully saturated rings. The molecule has 1 N–H and O–H groups in total. The molecular formula is C7H10O3. The molecular weight excluding hydrogens is 132 g/mol. The van der Waals surface area contributed by atoms with Crippen LogP contribution in [-0.4, -0.2) is 17.2 Å². The minimum Gasteiger partial charge on any atom is -0.515 e. The molecule has 1 aliphatic heterocycles. The van der Waals surface area contributed by atoms with E-state index < -0.39 is 0 Å². The van der Waals surface area contributed by atoms with Gasteiger partial charge in [0.2, 0.25) is 0 Å². The molecule has 0 aromatic carbocycles. The maximum Gasteiger partial charge on any atom is 0.337 e. The van der Waals surface area contributed by atoms with Crippen molar-refractivity contribution in [2.45, 2.75) is 25.9 Å². The summed E-state index contributed by atoms with van der Waals surface area (Å²) in [4.78, 5) is 10.8. The highest BCUT2D eigenvalue weighted by molar-refractivity contribution is 5.88. The Hall–Kier alpha value is -0.990. The second kappa shape index (κ2) is 2.73. The Morgan fingerprint density at radius 3 is 3.00 bits per heavy atom. The summed E-state index contributed by atoms with van der Waals surface area (Å²) in [5, 5.41) is 8.48. The van der Waals surface area contributed by atoms with Gasteiger partial charge in [0.25, 0.3) is 0 Å². The molecule has 0 saturated carbocycles. The van der Waals surface area contributed by atoms with E-state index in [-0.39, 0.29) is 12.1 Å². The molecule has 1 unspecified atom stereocenters. The van der Waals surface area contributed by atoms with E-state index in [0.717, 1.165) is 12.7 Å². The fourth-order valence-electron chi connectivity index (χ4n) is 0.895. The highest BCUT2D eigenvalue weighted by Crippen LogP contribution is 2.17. The monoisotopic (exact) mass is 142 g/mol. The van der Waals surface area contributed by atoms with Crippen molar-refractivity contribution >= 4 is 5.97 Å². The van der Waals surface area contributed by atoms with Gasteiger partial charge in [0.05, 0.1) is 17.9 Å². The Bertz CT molecular complexity index is 172. The highest BCUT2D eigenvalue weighted by atomic mass is 16.5. The Morgan fingerprint density at radius 1 is 1.80 bits per heavy atom. The van der Waals surface area contributed by atoms with Crippen LogP contribution in [0.2, 0.25) is 0 Å². The standard InChI is InChI=1S/C7H10O3/c1-5-2-3-6(4-8)7(9)10-5/h4-5,8H,2-3H2,1H3. The van der Waals surface area contributed by atoms with Gasteiger partial charge in [-0.2, -0.15) is 0 Å². The van der Waals surface area contributed by atoms with Crippen LogP contribution in [0.3, 0.4) is 0 Å². The van der Waals surface area contributed by atoms with Crippen LogP contribution in [0.5, 0.6) is 0 Å². The van der Waals surface area contributed by atoms with Crippen molar-refractivity contribution in [2.75, 3.05) is 0 Å². The van der Waals surface area contributed by atoms with Crippen molar-refractivity contribution < 1.29 is 14.6 Å². The molecule has 0 aromatic heterocycles. The quantitative estimate of drug-likeness (QED) is 0.313. The molecule has 3 nitrogen and oxygen atoms in total. The van der Waals surface area contributed by atoms with Crippen molar-refractivity contribution in [3.63, 3.8) is 0 Å². The molecule has 0 bridgehead atoms. The highest BCUT2D eigenvalue weighted by Gasteiger charge is 2.21. The normalized spacial score (nSPS) is 30.3. The van der Waals surface area contributed by atoms with Crippen LogP contribution < -0.4 is 0 Å². The number of aliphatic hydroxyl groups is 1. The first-order chi connectivity index (χ1) is 4.74.